The molecule has 0 amide bonds. The molecule has 18 heavy (non-hydrogen) atoms. The predicted molar refractivity (Wildman–Crippen MR) is 71.5 cm³/mol. The molecule has 1 aromatic heterocycles. The Morgan fingerprint density at radius 1 is 1.56 bits per heavy atom. The van der Waals surface area contributed by atoms with Gasteiger partial charge in [0.1, 0.15) is 5.76 Å². The van der Waals surface area contributed by atoms with E-state index in [0.717, 1.165) is 32.0 Å². The fourth-order valence-electron chi connectivity index (χ4n) is 2.32. The van der Waals surface area contributed by atoms with Gasteiger partial charge in [0.15, 0.2) is 0 Å². The molecule has 0 aromatic carbocycles. The number of hydrogen-bond acceptors (Lipinski definition) is 4. The van der Waals surface area contributed by atoms with Crippen molar-refractivity contribution in [3.8, 4) is 0 Å². The van der Waals surface area contributed by atoms with Crippen molar-refractivity contribution in [3.05, 3.63) is 24.2 Å². The Kier molecular flexibility index (Phi) is 5.23. The first kappa shape index (κ1) is 13.6. The van der Waals surface area contributed by atoms with Crippen LogP contribution in [0.3, 0.4) is 0 Å². The van der Waals surface area contributed by atoms with E-state index in [1.807, 2.05) is 12.1 Å². The molecule has 0 bridgehead atoms. The number of furan rings is 1. The number of ether oxygens (including phenoxy) is 1. The van der Waals surface area contributed by atoms with Crippen molar-refractivity contribution >= 4 is 0 Å². The lowest BCUT2D eigenvalue weighted by Gasteiger charge is -2.30. The highest BCUT2D eigenvalue weighted by molar-refractivity contribution is 5.01. The fraction of sp³-hybridized carbons (Fsp3) is 0.714. The Morgan fingerprint density at radius 3 is 2.94 bits per heavy atom. The highest BCUT2D eigenvalue weighted by atomic mass is 16.5. The van der Waals surface area contributed by atoms with Crippen LogP contribution >= 0.6 is 0 Å². The number of hydrogen-bond donors (Lipinski definition) is 1. The summed E-state index contributed by atoms with van der Waals surface area (Å²) in [5.41, 5.74) is 0. The maximum absolute atomic E-state index is 5.47. The largest absolute Gasteiger partial charge is 0.468 e. The van der Waals surface area contributed by atoms with Gasteiger partial charge in [-0.25, -0.2) is 0 Å². The third-order valence-corrected chi connectivity index (χ3v) is 3.39. The Morgan fingerprint density at radius 2 is 2.39 bits per heavy atom. The minimum atomic E-state index is 0.424. The third-order valence-electron chi connectivity index (χ3n) is 3.39. The van der Waals surface area contributed by atoms with Crippen LogP contribution in [0.1, 0.15) is 25.5 Å². The van der Waals surface area contributed by atoms with Crippen LogP contribution in [0.2, 0.25) is 0 Å². The molecule has 1 aromatic rings. The standard InChI is InChI=1S/C14H24N2O2/c1-3-15-9-13(11-17-2)16(12-6-7-12)10-14-5-4-8-18-14/h4-5,8,12-13,15H,3,6-7,9-11H2,1-2H3. The van der Waals surface area contributed by atoms with E-state index in [1.165, 1.54) is 12.8 Å². The molecular formula is C14H24N2O2. The Bertz CT molecular complexity index is 323. The number of nitrogens with one attached hydrogen (secondary N) is 1. The third kappa shape index (κ3) is 3.83. The highest BCUT2D eigenvalue weighted by Gasteiger charge is 2.34. The summed E-state index contributed by atoms with van der Waals surface area (Å²) >= 11 is 0. The van der Waals surface area contributed by atoms with Crippen LogP contribution in [-0.4, -0.2) is 43.8 Å². The van der Waals surface area contributed by atoms with Crippen LogP contribution in [0.4, 0.5) is 0 Å². The quantitative estimate of drug-likeness (QED) is 0.728. The normalized spacial score (nSPS) is 17.3. The van der Waals surface area contributed by atoms with Gasteiger partial charge in [-0.05, 0) is 31.5 Å². The molecule has 1 heterocycles. The molecule has 1 unspecified atom stereocenters. The van der Waals surface area contributed by atoms with Crippen LogP contribution in [-0.2, 0) is 11.3 Å². The SMILES string of the molecule is CCNCC(COC)N(Cc1ccco1)C1CC1. The first-order valence-corrected chi connectivity index (χ1v) is 6.83. The Hall–Kier alpha value is -0.840. The Balaban J connectivity index is 1.96. The van der Waals surface area contributed by atoms with Gasteiger partial charge in [-0.1, -0.05) is 6.92 Å². The molecule has 1 saturated carbocycles. The zero-order chi connectivity index (χ0) is 12.8. The van der Waals surface area contributed by atoms with Crippen molar-refractivity contribution in [1.29, 1.82) is 0 Å². The first-order chi connectivity index (χ1) is 8.85. The number of likely N-dealkylation sites (N-methyl/N-ethyl adjacent to an activating group) is 1. The maximum atomic E-state index is 5.47. The lowest BCUT2D eigenvalue weighted by molar-refractivity contribution is 0.0745. The van der Waals surface area contributed by atoms with Gasteiger partial charge in [0.05, 0.1) is 19.4 Å². The molecular weight excluding hydrogens is 228 g/mol. The van der Waals surface area contributed by atoms with Crippen LogP contribution in [0.15, 0.2) is 22.8 Å². The van der Waals surface area contributed by atoms with Crippen LogP contribution in [0.25, 0.3) is 0 Å². The summed E-state index contributed by atoms with van der Waals surface area (Å²) < 4.78 is 10.8. The van der Waals surface area contributed by atoms with Gasteiger partial charge in [-0.3, -0.25) is 4.90 Å². The second kappa shape index (κ2) is 6.92. The van der Waals surface area contributed by atoms with Crippen molar-refractivity contribution < 1.29 is 9.15 Å². The number of methoxy groups -OCH3 is 1. The van der Waals surface area contributed by atoms with Gasteiger partial charge in [0, 0.05) is 25.7 Å². The molecule has 0 spiro atoms. The average molecular weight is 252 g/mol. The summed E-state index contributed by atoms with van der Waals surface area (Å²) in [7, 11) is 1.77. The van der Waals surface area contributed by atoms with E-state index in [4.69, 9.17) is 9.15 Å². The molecule has 1 fully saturated rings. The molecule has 0 aliphatic heterocycles. The lowest BCUT2D eigenvalue weighted by Crippen LogP contribution is -2.46. The van der Waals surface area contributed by atoms with Crippen LogP contribution in [0, 0.1) is 0 Å². The summed E-state index contributed by atoms with van der Waals surface area (Å²) in [4.78, 5) is 2.52. The minimum absolute atomic E-state index is 0.424. The van der Waals surface area contributed by atoms with E-state index in [2.05, 4.69) is 17.1 Å². The molecule has 1 aliphatic carbocycles. The fourth-order valence-corrected chi connectivity index (χ4v) is 2.32. The van der Waals surface area contributed by atoms with Crippen molar-refractivity contribution in [2.45, 2.75) is 38.4 Å². The summed E-state index contributed by atoms with van der Waals surface area (Å²) in [5, 5.41) is 3.42. The van der Waals surface area contributed by atoms with E-state index in [9.17, 15) is 0 Å². The average Bonchev–Trinajstić information content (AvgIpc) is 3.09. The lowest BCUT2D eigenvalue weighted by atomic mass is 10.2. The van der Waals surface area contributed by atoms with Gasteiger partial charge in [0.2, 0.25) is 0 Å². The number of rotatable bonds is 9. The van der Waals surface area contributed by atoms with E-state index < -0.39 is 0 Å². The van der Waals surface area contributed by atoms with Crippen molar-refractivity contribution in [2.75, 3.05) is 26.8 Å². The van der Waals surface area contributed by atoms with Crippen LogP contribution < -0.4 is 5.32 Å². The van der Waals surface area contributed by atoms with E-state index >= 15 is 0 Å². The number of nitrogens with zero attached hydrogens (tertiary/aromatic N) is 1. The van der Waals surface area contributed by atoms with Gasteiger partial charge >= 0.3 is 0 Å². The van der Waals surface area contributed by atoms with E-state index in [-0.39, 0.29) is 0 Å². The maximum Gasteiger partial charge on any atom is 0.117 e. The molecule has 4 nitrogen and oxygen atoms in total. The molecule has 4 heteroatoms. The second-order valence-corrected chi connectivity index (χ2v) is 4.90. The first-order valence-electron chi connectivity index (χ1n) is 6.83. The van der Waals surface area contributed by atoms with Crippen molar-refractivity contribution in [3.63, 3.8) is 0 Å². The molecule has 1 aliphatic rings. The zero-order valence-corrected chi connectivity index (χ0v) is 11.4. The molecule has 1 N–H and O–H groups in total. The predicted octanol–water partition coefficient (Wildman–Crippen LogP) is 1.87. The highest BCUT2D eigenvalue weighted by Crippen LogP contribution is 2.30. The summed E-state index contributed by atoms with van der Waals surface area (Å²) in [5.74, 6) is 1.04. The summed E-state index contributed by atoms with van der Waals surface area (Å²) in [6.07, 6.45) is 4.34. The molecule has 102 valence electrons. The summed E-state index contributed by atoms with van der Waals surface area (Å²) in [6, 6.07) is 5.13. The molecule has 0 saturated heterocycles. The topological polar surface area (TPSA) is 37.6 Å². The second-order valence-electron chi connectivity index (χ2n) is 4.90. The monoisotopic (exact) mass is 252 g/mol. The molecule has 2 rings (SSSR count). The van der Waals surface area contributed by atoms with Crippen molar-refractivity contribution in [1.82, 2.24) is 10.2 Å². The smallest absolute Gasteiger partial charge is 0.117 e. The van der Waals surface area contributed by atoms with Crippen LogP contribution in [0.5, 0.6) is 0 Å². The van der Waals surface area contributed by atoms with Gasteiger partial charge < -0.3 is 14.5 Å². The van der Waals surface area contributed by atoms with Gasteiger partial charge in [-0.15, -0.1) is 0 Å². The van der Waals surface area contributed by atoms with E-state index in [0.29, 0.717) is 12.1 Å². The van der Waals surface area contributed by atoms with Gasteiger partial charge in [-0.2, -0.15) is 0 Å². The van der Waals surface area contributed by atoms with Gasteiger partial charge in [0.25, 0.3) is 0 Å². The zero-order valence-electron chi connectivity index (χ0n) is 11.4. The summed E-state index contributed by atoms with van der Waals surface area (Å²) in [6.45, 7) is 5.76. The van der Waals surface area contributed by atoms with Crippen molar-refractivity contribution in [2.24, 2.45) is 0 Å². The van der Waals surface area contributed by atoms with E-state index in [1.54, 1.807) is 13.4 Å². The molecule has 1 atom stereocenters. The molecule has 0 radical (unpaired) electrons. The Labute approximate surface area is 109 Å². The minimum Gasteiger partial charge on any atom is -0.468 e.